The maximum absolute atomic E-state index is 12.7. The summed E-state index contributed by atoms with van der Waals surface area (Å²) >= 11 is 1.04. The van der Waals surface area contributed by atoms with Crippen molar-refractivity contribution in [1.82, 2.24) is 13.9 Å². The van der Waals surface area contributed by atoms with Crippen molar-refractivity contribution >= 4 is 37.3 Å². The fourth-order valence-corrected chi connectivity index (χ4v) is 7.22. The largest absolute Gasteiger partial charge is 0.379 e. The molecule has 1 amide bonds. The summed E-state index contributed by atoms with van der Waals surface area (Å²) in [7, 11) is -7.18. The number of thiophene rings is 1. The maximum Gasteiger partial charge on any atom is 0.262 e. The van der Waals surface area contributed by atoms with Crippen LogP contribution >= 0.6 is 11.3 Å². The molecule has 9 nitrogen and oxygen atoms in total. The lowest BCUT2D eigenvalue weighted by Crippen LogP contribution is -2.43. The van der Waals surface area contributed by atoms with Crippen molar-refractivity contribution in [1.29, 1.82) is 0 Å². The summed E-state index contributed by atoms with van der Waals surface area (Å²) in [5.41, 5.74) is 0. The van der Waals surface area contributed by atoms with Gasteiger partial charge in [0.15, 0.2) is 0 Å². The van der Waals surface area contributed by atoms with Gasteiger partial charge in [0.2, 0.25) is 20.0 Å². The first kappa shape index (κ1) is 20.7. The monoisotopic (exact) mass is 437 g/mol. The Labute approximate surface area is 163 Å². The number of rotatable bonds is 7. The van der Waals surface area contributed by atoms with Gasteiger partial charge >= 0.3 is 0 Å². The second kappa shape index (κ2) is 8.53. The van der Waals surface area contributed by atoms with Crippen LogP contribution in [0.25, 0.3) is 0 Å². The Kier molecular flexibility index (Phi) is 6.54. The number of hydrogen-bond donors (Lipinski definition) is 1. The zero-order valence-electron chi connectivity index (χ0n) is 14.8. The van der Waals surface area contributed by atoms with Gasteiger partial charge in [0.1, 0.15) is 9.77 Å². The number of carbonyl (C=O) groups is 1. The van der Waals surface area contributed by atoms with E-state index in [4.69, 9.17) is 4.74 Å². The van der Waals surface area contributed by atoms with E-state index in [1.165, 1.54) is 14.7 Å². The molecular weight excluding hydrogens is 414 g/mol. The van der Waals surface area contributed by atoms with E-state index in [1.54, 1.807) is 5.38 Å². The van der Waals surface area contributed by atoms with Crippen molar-refractivity contribution in [2.24, 2.45) is 0 Å². The lowest BCUT2D eigenvalue weighted by atomic mass is 10.4. The van der Waals surface area contributed by atoms with Crippen molar-refractivity contribution in [3.05, 3.63) is 16.3 Å². The highest BCUT2D eigenvalue weighted by Crippen LogP contribution is 2.27. The van der Waals surface area contributed by atoms with E-state index in [9.17, 15) is 21.6 Å². The van der Waals surface area contributed by atoms with Crippen LogP contribution in [-0.4, -0.2) is 83.0 Å². The first-order chi connectivity index (χ1) is 12.8. The highest BCUT2D eigenvalue weighted by atomic mass is 32.2. The van der Waals surface area contributed by atoms with Crippen LogP contribution in [0, 0.1) is 0 Å². The molecule has 0 atom stereocenters. The SMILES string of the molecule is O=C(NCCS(=O)(=O)N1CCOCC1)c1sccc1S(=O)(=O)N1CCCC1. The van der Waals surface area contributed by atoms with E-state index in [2.05, 4.69) is 5.32 Å². The molecule has 0 unspecified atom stereocenters. The minimum absolute atomic E-state index is 0.0112. The van der Waals surface area contributed by atoms with E-state index >= 15 is 0 Å². The van der Waals surface area contributed by atoms with Gasteiger partial charge < -0.3 is 10.1 Å². The summed E-state index contributed by atoms with van der Waals surface area (Å²) in [6.07, 6.45) is 1.62. The second-order valence-corrected chi connectivity index (χ2v) is 11.2. The van der Waals surface area contributed by atoms with Crippen LogP contribution in [0.3, 0.4) is 0 Å². The number of carbonyl (C=O) groups excluding carboxylic acids is 1. The molecule has 0 aliphatic carbocycles. The Morgan fingerprint density at radius 2 is 1.74 bits per heavy atom. The van der Waals surface area contributed by atoms with E-state index in [1.807, 2.05) is 0 Å². The molecule has 0 bridgehead atoms. The Balaban J connectivity index is 1.61. The smallest absolute Gasteiger partial charge is 0.262 e. The summed E-state index contributed by atoms with van der Waals surface area (Å²) in [5, 5.41) is 4.09. The van der Waals surface area contributed by atoms with Gasteiger partial charge in [-0.2, -0.15) is 8.61 Å². The number of hydrogen-bond acceptors (Lipinski definition) is 7. The van der Waals surface area contributed by atoms with Gasteiger partial charge in [0.25, 0.3) is 5.91 Å². The molecule has 0 radical (unpaired) electrons. The fraction of sp³-hybridized carbons (Fsp3) is 0.667. The molecule has 0 spiro atoms. The summed E-state index contributed by atoms with van der Waals surface area (Å²) < 4.78 is 57.8. The van der Waals surface area contributed by atoms with Crippen LogP contribution in [-0.2, 0) is 24.8 Å². The first-order valence-electron chi connectivity index (χ1n) is 8.74. The van der Waals surface area contributed by atoms with Crippen LogP contribution in [0.4, 0.5) is 0 Å². The quantitative estimate of drug-likeness (QED) is 0.639. The molecule has 1 N–H and O–H groups in total. The number of sulfonamides is 2. The number of ether oxygens (including phenoxy) is 1. The molecule has 152 valence electrons. The van der Waals surface area contributed by atoms with Gasteiger partial charge in [-0.25, -0.2) is 16.8 Å². The van der Waals surface area contributed by atoms with Crippen molar-refractivity contribution in [2.75, 3.05) is 51.7 Å². The Morgan fingerprint density at radius 3 is 2.41 bits per heavy atom. The highest BCUT2D eigenvalue weighted by Gasteiger charge is 2.32. The van der Waals surface area contributed by atoms with Crippen LogP contribution in [0.15, 0.2) is 16.3 Å². The zero-order valence-corrected chi connectivity index (χ0v) is 17.2. The summed E-state index contributed by atoms with van der Waals surface area (Å²) in [6.45, 7) is 2.16. The van der Waals surface area contributed by atoms with Crippen LogP contribution in [0.1, 0.15) is 22.5 Å². The molecule has 2 aliphatic heterocycles. The molecule has 0 aromatic carbocycles. The molecule has 0 saturated carbocycles. The second-order valence-electron chi connectivity index (χ2n) is 6.31. The van der Waals surface area contributed by atoms with Crippen molar-refractivity contribution in [3.63, 3.8) is 0 Å². The molecule has 2 saturated heterocycles. The Morgan fingerprint density at radius 1 is 1.07 bits per heavy atom. The predicted octanol–water partition coefficient (Wildman–Crippen LogP) is -0.0756. The number of nitrogens with zero attached hydrogens (tertiary/aromatic N) is 2. The predicted molar refractivity (Wildman–Crippen MR) is 101 cm³/mol. The molecule has 1 aromatic rings. The average molecular weight is 438 g/mol. The molecule has 1 aromatic heterocycles. The molecule has 3 heterocycles. The van der Waals surface area contributed by atoms with Gasteiger partial charge in [-0.15, -0.1) is 11.3 Å². The van der Waals surface area contributed by atoms with Gasteiger partial charge in [0, 0.05) is 32.7 Å². The fourth-order valence-electron chi connectivity index (χ4n) is 3.06. The first-order valence-corrected chi connectivity index (χ1v) is 12.7. The van der Waals surface area contributed by atoms with Crippen LogP contribution in [0.5, 0.6) is 0 Å². The van der Waals surface area contributed by atoms with E-state index in [-0.39, 0.29) is 22.1 Å². The number of nitrogens with one attached hydrogen (secondary N) is 1. The van der Waals surface area contributed by atoms with Crippen LogP contribution < -0.4 is 5.32 Å². The van der Waals surface area contributed by atoms with Crippen LogP contribution in [0.2, 0.25) is 0 Å². The normalized spacial score (nSPS) is 20.0. The molecule has 2 aliphatic rings. The molecule has 2 fully saturated rings. The lowest BCUT2D eigenvalue weighted by molar-refractivity contribution is 0.0730. The van der Waals surface area contributed by atoms with Crippen molar-refractivity contribution < 1.29 is 26.4 Å². The van der Waals surface area contributed by atoms with E-state index < -0.39 is 26.0 Å². The number of amides is 1. The maximum atomic E-state index is 12.7. The van der Waals surface area contributed by atoms with E-state index in [0.717, 1.165) is 24.2 Å². The van der Waals surface area contributed by atoms with Gasteiger partial charge in [0.05, 0.1) is 19.0 Å². The summed E-state index contributed by atoms with van der Waals surface area (Å²) in [4.78, 5) is 12.5. The van der Waals surface area contributed by atoms with Gasteiger partial charge in [-0.05, 0) is 24.3 Å². The highest BCUT2D eigenvalue weighted by molar-refractivity contribution is 7.89. The number of morpholine rings is 1. The molecule has 3 rings (SSSR count). The van der Waals surface area contributed by atoms with Crippen molar-refractivity contribution in [3.8, 4) is 0 Å². The third-order valence-corrected chi connectivity index (χ3v) is 9.38. The zero-order chi connectivity index (χ0) is 19.5. The molecule has 12 heteroatoms. The van der Waals surface area contributed by atoms with E-state index in [0.29, 0.717) is 39.4 Å². The summed E-state index contributed by atoms with van der Waals surface area (Å²) in [6, 6.07) is 1.43. The minimum atomic E-state index is -3.70. The lowest BCUT2D eigenvalue weighted by Gasteiger charge is -2.26. The molecule has 27 heavy (non-hydrogen) atoms. The van der Waals surface area contributed by atoms with Gasteiger partial charge in [-0.1, -0.05) is 0 Å². The Hall–Kier alpha value is -1.05. The minimum Gasteiger partial charge on any atom is -0.379 e. The van der Waals surface area contributed by atoms with Crippen molar-refractivity contribution in [2.45, 2.75) is 17.7 Å². The standard InChI is InChI=1S/C15H23N3O6S3/c19-15(16-4-12-26(20,21)17-7-9-24-10-8-17)14-13(3-11-25-14)27(22,23)18-5-1-2-6-18/h3,11H,1-2,4-10,12H2,(H,16,19). The topological polar surface area (TPSA) is 113 Å². The third-order valence-electron chi connectivity index (χ3n) is 4.53. The summed E-state index contributed by atoms with van der Waals surface area (Å²) in [5.74, 6) is -0.807. The third kappa shape index (κ3) is 4.69. The Bertz CT molecular complexity index is 868. The van der Waals surface area contributed by atoms with Gasteiger partial charge in [-0.3, -0.25) is 4.79 Å². The average Bonchev–Trinajstić information content (AvgIpc) is 3.34. The molecular formula is C15H23N3O6S3.